The van der Waals surface area contributed by atoms with Crippen molar-refractivity contribution in [2.45, 2.75) is 18.2 Å². The number of carbonyl (C=O) groups is 1. The molecule has 0 bridgehead atoms. The molecule has 0 atom stereocenters. The summed E-state index contributed by atoms with van der Waals surface area (Å²) in [4.78, 5) is 12.2. The first-order valence-corrected chi connectivity index (χ1v) is 8.95. The number of hydrogen-bond acceptors (Lipinski definition) is 4. The molecule has 128 valence electrons. The van der Waals surface area contributed by atoms with E-state index in [-0.39, 0.29) is 17.2 Å². The summed E-state index contributed by atoms with van der Waals surface area (Å²) in [6.45, 7) is 2.04. The fraction of sp³-hybridized carbons (Fsp3) is 0.235. The number of methoxy groups -OCH3 is 1. The van der Waals surface area contributed by atoms with Gasteiger partial charge in [-0.25, -0.2) is 13.1 Å². The van der Waals surface area contributed by atoms with E-state index in [1.807, 2.05) is 12.1 Å². The van der Waals surface area contributed by atoms with Gasteiger partial charge in [-0.3, -0.25) is 4.79 Å². The second-order valence-corrected chi connectivity index (χ2v) is 6.87. The highest BCUT2D eigenvalue weighted by molar-refractivity contribution is 7.89. The van der Waals surface area contributed by atoms with Gasteiger partial charge in [-0.15, -0.1) is 0 Å². The molecule has 0 saturated carbocycles. The summed E-state index contributed by atoms with van der Waals surface area (Å²) in [5.74, 6) is 0.555. The van der Waals surface area contributed by atoms with Crippen molar-refractivity contribution in [3.8, 4) is 5.75 Å². The van der Waals surface area contributed by atoms with Gasteiger partial charge in [-0.2, -0.15) is 0 Å². The van der Waals surface area contributed by atoms with E-state index < -0.39 is 10.0 Å². The zero-order valence-electron chi connectivity index (χ0n) is 13.6. The molecule has 2 N–H and O–H groups in total. The van der Waals surface area contributed by atoms with E-state index >= 15 is 0 Å². The number of hydrogen-bond donors (Lipinski definition) is 2. The summed E-state index contributed by atoms with van der Waals surface area (Å²) in [5, 5.41) is 2.74. The molecule has 7 heteroatoms. The smallest absolute Gasteiger partial charge is 0.240 e. The van der Waals surface area contributed by atoms with E-state index in [9.17, 15) is 13.2 Å². The molecule has 0 aromatic heterocycles. The topological polar surface area (TPSA) is 84.5 Å². The number of sulfonamides is 1. The third-order valence-corrected chi connectivity index (χ3v) is 4.87. The minimum absolute atomic E-state index is 0.164. The maximum absolute atomic E-state index is 12.0. The number of ether oxygens (including phenoxy) is 1. The zero-order valence-corrected chi connectivity index (χ0v) is 14.4. The van der Waals surface area contributed by atoms with E-state index in [0.717, 1.165) is 11.3 Å². The summed E-state index contributed by atoms with van der Waals surface area (Å²) in [7, 11) is -1.90. The fourth-order valence-corrected chi connectivity index (χ4v) is 3.17. The van der Waals surface area contributed by atoms with Crippen LogP contribution < -0.4 is 14.8 Å². The molecule has 24 heavy (non-hydrogen) atoms. The van der Waals surface area contributed by atoms with Crippen LogP contribution in [0, 0.1) is 0 Å². The molecule has 0 heterocycles. The van der Waals surface area contributed by atoms with Crippen molar-refractivity contribution >= 4 is 21.6 Å². The Kier molecular flexibility index (Phi) is 5.94. The van der Waals surface area contributed by atoms with Crippen molar-refractivity contribution in [2.24, 2.45) is 0 Å². The van der Waals surface area contributed by atoms with Gasteiger partial charge in [0.25, 0.3) is 0 Å². The van der Waals surface area contributed by atoms with E-state index in [1.165, 1.54) is 12.1 Å². The molecule has 0 aliphatic rings. The lowest BCUT2D eigenvalue weighted by Gasteiger charge is -2.08. The molecule has 0 unspecified atom stereocenters. The van der Waals surface area contributed by atoms with Crippen LogP contribution in [0.1, 0.15) is 12.5 Å². The monoisotopic (exact) mass is 348 g/mol. The van der Waals surface area contributed by atoms with Crippen molar-refractivity contribution in [1.29, 1.82) is 0 Å². The van der Waals surface area contributed by atoms with Gasteiger partial charge in [0.05, 0.1) is 18.4 Å². The standard InChI is InChI=1S/C17H20N2O4S/c1-3-18-24(21,22)16-10-6-14(7-11-16)19-17(20)12-13-4-8-15(23-2)9-5-13/h4-11,18H,3,12H2,1-2H3,(H,19,20). The molecule has 1 amide bonds. The lowest BCUT2D eigenvalue weighted by molar-refractivity contribution is -0.115. The first-order chi connectivity index (χ1) is 11.4. The first kappa shape index (κ1) is 18.0. The highest BCUT2D eigenvalue weighted by atomic mass is 32.2. The third kappa shape index (κ3) is 4.81. The van der Waals surface area contributed by atoms with Gasteiger partial charge in [0.15, 0.2) is 0 Å². The fourth-order valence-electron chi connectivity index (χ4n) is 2.12. The lowest BCUT2D eigenvalue weighted by Crippen LogP contribution is -2.23. The summed E-state index contributed by atoms with van der Waals surface area (Å²) >= 11 is 0. The van der Waals surface area contributed by atoms with Crippen LogP contribution in [0.25, 0.3) is 0 Å². The lowest BCUT2D eigenvalue weighted by atomic mass is 10.1. The Bertz CT molecular complexity index is 784. The maximum Gasteiger partial charge on any atom is 0.240 e. The van der Waals surface area contributed by atoms with Crippen LogP contribution >= 0.6 is 0 Å². The van der Waals surface area contributed by atoms with Gasteiger partial charge in [0, 0.05) is 12.2 Å². The summed E-state index contributed by atoms with van der Waals surface area (Å²) in [6, 6.07) is 13.3. The quantitative estimate of drug-likeness (QED) is 0.803. The molecule has 0 aliphatic heterocycles. The Morgan fingerprint density at radius 2 is 1.67 bits per heavy atom. The molecule has 2 aromatic carbocycles. The van der Waals surface area contributed by atoms with Gasteiger partial charge in [0.2, 0.25) is 15.9 Å². The number of rotatable bonds is 7. The number of benzene rings is 2. The SMILES string of the molecule is CCNS(=O)(=O)c1ccc(NC(=O)Cc2ccc(OC)cc2)cc1. The predicted molar refractivity (Wildman–Crippen MR) is 92.6 cm³/mol. The normalized spacial score (nSPS) is 11.1. The molecule has 6 nitrogen and oxygen atoms in total. The van der Waals surface area contributed by atoms with Gasteiger partial charge in [-0.1, -0.05) is 19.1 Å². The second kappa shape index (κ2) is 7.94. The highest BCUT2D eigenvalue weighted by Crippen LogP contribution is 2.15. The average Bonchev–Trinajstić information content (AvgIpc) is 2.56. The van der Waals surface area contributed by atoms with Crippen LogP contribution in [0.4, 0.5) is 5.69 Å². The Morgan fingerprint density at radius 3 is 2.21 bits per heavy atom. The molecular weight excluding hydrogens is 328 g/mol. The van der Waals surface area contributed by atoms with E-state index in [0.29, 0.717) is 12.2 Å². The Labute approximate surface area is 141 Å². The molecule has 0 saturated heterocycles. The third-order valence-electron chi connectivity index (χ3n) is 3.31. The number of amides is 1. The Balaban J connectivity index is 1.98. The van der Waals surface area contributed by atoms with Crippen LogP contribution in [0.5, 0.6) is 5.75 Å². The largest absolute Gasteiger partial charge is 0.497 e. The summed E-state index contributed by atoms with van der Waals surface area (Å²) in [5.41, 5.74) is 1.41. The van der Waals surface area contributed by atoms with Crippen molar-refractivity contribution < 1.29 is 17.9 Å². The second-order valence-electron chi connectivity index (χ2n) is 5.10. The van der Waals surface area contributed by atoms with E-state index in [2.05, 4.69) is 10.0 Å². The maximum atomic E-state index is 12.0. The van der Waals surface area contributed by atoms with Crippen LogP contribution in [0.2, 0.25) is 0 Å². The Morgan fingerprint density at radius 1 is 1.04 bits per heavy atom. The predicted octanol–water partition coefficient (Wildman–Crippen LogP) is 2.17. The minimum atomic E-state index is -3.49. The van der Waals surface area contributed by atoms with Crippen molar-refractivity contribution in [3.05, 3.63) is 54.1 Å². The van der Waals surface area contributed by atoms with Crippen molar-refractivity contribution in [1.82, 2.24) is 4.72 Å². The summed E-state index contributed by atoms with van der Waals surface area (Å²) in [6.07, 6.45) is 0.224. The molecule has 0 fully saturated rings. The Hall–Kier alpha value is -2.38. The van der Waals surface area contributed by atoms with Gasteiger partial charge >= 0.3 is 0 Å². The van der Waals surface area contributed by atoms with Crippen molar-refractivity contribution in [2.75, 3.05) is 19.0 Å². The van der Waals surface area contributed by atoms with Crippen LogP contribution in [-0.2, 0) is 21.2 Å². The summed E-state index contributed by atoms with van der Waals surface area (Å²) < 4.78 is 31.2. The zero-order chi connectivity index (χ0) is 17.6. The van der Waals surface area contributed by atoms with Crippen LogP contribution in [0.15, 0.2) is 53.4 Å². The van der Waals surface area contributed by atoms with Gasteiger partial charge in [-0.05, 0) is 42.0 Å². The average molecular weight is 348 g/mol. The van der Waals surface area contributed by atoms with Gasteiger partial charge in [0.1, 0.15) is 5.75 Å². The molecular formula is C17H20N2O4S. The van der Waals surface area contributed by atoms with Crippen LogP contribution in [-0.4, -0.2) is 28.0 Å². The number of nitrogens with one attached hydrogen (secondary N) is 2. The number of carbonyl (C=O) groups excluding carboxylic acids is 1. The molecule has 0 spiro atoms. The minimum Gasteiger partial charge on any atom is -0.497 e. The first-order valence-electron chi connectivity index (χ1n) is 7.47. The van der Waals surface area contributed by atoms with Crippen LogP contribution in [0.3, 0.4) is 0 Å². The van der Waals surface area contributed by atoms with E-state index in [4.69, 9.17) is 4.74 Å². The molecule has 2 aromatic rings. The molecule has 0 aliphatic carbocycles. The number of anilines is 1. The molecule has 0 radical (unpaired) electrons. The highest BCUT2D eigenvalue weighted by Gasteiger charge is 2.12. The molecule has 2 rings (SSSR count). The van der Waals surface area contributed by atoms with Crippen molar-refractivity contribution in [3.63, 3.8) is 0 Å². The van der Waals surface area contributed by atoms with E-state index in [1.54, 1.807) is 38.3 Å². The van der Waals surface area contributed by atoms with Gasteiger partial charge < -0.3 is 10.1 Å².